The SMILES string of the molecule is C[C@@H](O)c1ncc(Br)cn1.Cc1cnc([C@H](C)O)nc1. The molecular formula is C13H17BrN4O2. The van der Waals surface area contributed by atoms with Crippen molar-refractivity contribution in [2.45, 2.75) is 33.0 Å². The van der Waals surface area contributed by atoms with Crippen LogP contribution in [0.4, 0.5) is 0 Å². The minimum Gasteiger partial charge on any atom is -0.385 e. The molecule has 2 rings (SSSR count). The first-order valence-electron chi connectivity index (χ1n) is 6.02. The van der Waals surface area contributed by atoms with Crippen LogP contribution in [-0.4, -0.2) is 30.1 Å². The van der Waals surface area contributed by atoms with Gasteiger partial charge in [-0.25, -0.2) is 19.9 Å². The van der Waals surface area contributed by atoms with E-state index in [1.54, 1.807) is 38.6 Å². The second-order valence-corrected chi connectivity index (χ2v) is 5.15. The lowest BCUT2D eigenvalue weighted by atomic mass is 10.3. The van der Waals surface area contributed by atoms with Crippen LogP contribution in [0.1, 0.15) is 43.3 Å². The van der Waals surface area contributed by atoms with Gasteiger partial charge in [-0.2, -0.15) is 0 Å². The third kappa shape index (κ3) is 5.68. The smallest absolute Gasteiger partial charge is 0.156 e. The van der Waals surface area contributed by atoms with E-state index in [-0.39, 0.29) is 0 Å². The zero-order valence-electron chi connectivity index (χ0n) is 11.5. The number of aliphatic hydroxyl groups excluding tert-OH is 2. The number of rotatable bonds is 2. The van der Waals surface area contributed by atoms with Crippen LogP contribution in [-0.2, 0) is 0 Å². The molecule has 2 atom stereocenters. The fourth-order valence-corrected chi connectivity index (χ4v) is 1.36. The monoisotopic (exact) mass is 340 g/mol. The Labute approximate surface area is 126 Å². The van der Waals surface area contributed by atoms with E-state index < -0.39 is 12.2 Å². The molecule has 2 heterocycles. The molecule has 0 radical (unpaired) electrons. The van der Waals surface area contributed by atoms with Crippen molar-refractivity contribution in [2.24, 2.45) is 0 Å². The van der Waals surface area contributed by atoms with E-state index in [0.29, 0.717) is 11.6 Å². The molecule has 2 aromatic heterocycles. The van der Waals surface area contributed by atoms with Gasteiger partial charge in [-0.3, -0.25) is 0 Å². The molecule has 0 aromatic carbocycles. The van der Waals surface area contributed by atoms with Crippen LogP contribution in [0.3, 0.4) is 0 Å². The van der Waals surface area contributed by atoms with Crippen molar-refractivity contribution in [1.29, 1.82) is 0 Å². The Morgan fingerprint density at radius 2 is 1.20 bits per heavy atom. The lowest BCUT2D eigenvalue weighted by Crippen LogP contribution is -1.98. The van der Waals surface area contributed by atoms with Gasteiger partial charge in [0.1, 0.15) is 12.2 Å². The van der Waals surface area contributed by atoms with Gasteiger partial charge in [0.15, 0.2) is 11.6 Å². The third-order valence-electron chi connectivity index (χ3n) is 2.19. The van der Waals surface area contributed by atoms with Crippen molar-refractivity contribution in [3.63, 3.8) is 0 Å². The lowest BCUT2D eigenvalue weighted by molar-refractivity contribution is 0.188. The van der Waals surface area contributed by atoms with Crippen molar-refractivity contribution < 1.29 is 10.2 Å². The number of halogens is 1. The Balaban J connectivity index is 0.000000200. The molecule has 20 heavy (non-hydrogen) atoms. The summed E-state index contributed by atoms with van der Waals surface area (Å²) in [6, 6.07) is 0. The van der Waals surface area contributed by atoms with E-state index in [2.05, 4.69) is 35.9 Å². The number of aliphatic hydroxyl groups is 2. The summed E-state index contributed by atoms with van der Waals surface area (Å²) < 4.78 is 0.817. The van der Waals surface area contributed by atoms with Gasteiger partial charge in [0.25, 0.3) is 0 Å². The molecule has 7 heteroatoms. The molecule has 2 aromatic rings. The minimum absolute atomic E-state index is 0.447. The zero-order valence-corrected chi connectivity index (χ0v) is 13.1. The number of hydrogen-bond acceptors (Lipinski definition) is 6. The summed E-state index contributed by atoms with van der Waals surface area (Å²) in [5.41, 5.74) is 1.00. The minimum atomic E-state index is -0.590. The maximum atomic E-state index is 8.99. The molecular weight excluding hydrogens is 324 g/mol. The highest BCUT2D eigenvalue weighted by Crippen LogP contribution is 2.08. The van der Waals surface area contributed by atoms with E-state index >= 15 is 0 Å². The molecule has 108 valence electrons. The van der Waals surface area contributed by atoms with Crippen molar-refractivity contribution in [1.82, 2.24) is 19.9 Å². The summed E-state index contributed by atoms with van der Waals surface area (Å²) in [5.74, 6) is 0.925. The van der Waals surface area contributed by atoms with Gasteiger partial charge in [-0.15, -0.1) is 0 Å². The van der Waals surface area contributed by atoms with Gasteiger partial charge in [0, 0.05) is 24.8 Å². The van der Waals surface area contributed by atoms with E-state index in [1.165, 1.54) is 0 Å². The maximum Gasteiger partial charge on any atom is 0.156 e. The highest BCUT2D eigenvalue weighted by molar-refractivity contribution is 9.10. The van der Waals surface area contributed by atoms with Gasteiger partial charge in [-0.05, 0) is 42.3 Å². The van der Waals surface area contributed by atoms with Gasteiger partial charge in [0.05, 0.1) is 4.47 Å². The predicted octanol–water partition coefficient (Wildman–Crippen LogP) is 2.13. The van der Waals surface area contributed by atoms with E-state index in [4.69, 9.17) is 10.2 Å². The first-order chi connectivity index (χ1) is 9.40. The summed E-state index contributed by atoms with van der Waals surface area (Å²) in [6.45, 7) is 5.18. The fraction of sp³-hybridized carbons (Fsp3) is 0.385. The predicted molar refractivity (Wildman–Crippen MR) is 77.8 cm³/mol. The van der Waals surface area contributed by atoms with Crippen LogP contribution in [0.25, 0.3) is 0 Å². The molecule has 0 aliphatic heterocycles. The van der Waals surface area contributed by atoms with Crippen LogP contribution < -0.4 is 0 Å². The van der Waals surface area contributed by atoms with Crippen LogP contribution in [0.15, 0.2) is 29.3 Å². The van der Waals surface area contributed by atoms with E-state index in [1.807, 2.05) is 6.92 Å². The summed E-state index contributed by atoms with van der Waals surface area (Å²) >= 11 is 3.19. The van der Waals surface area contributed by atoms with E-state index in [9.17, 15) is 0 Å². The first-order valence-corrected chi connectivity index (χ1v) is 6.81. The Hall–Kier alpha value is -1.44. The summed E-state index contributed by atoms with van der Waals surface area (Å²) in [5, 5.41) is 18.0. The Bertz CT molecular complexity index is 465. The third-order valence-corrected chi connectivity index (χ3v) is 2.60. The highest BCUT2D eigenvalue weighted by Gasteiger charge is 2.02. The number of aromatic nitrogens is 4. The van der Waals surface area contributed by atoms with Crippen LogP contribution in [0.5, 0.6) is 0 Å². The molecule has 0 bridgehead atoms. The first kappa shape index (κ1) is 16.6. The standard InChI is InChI=1S/C7H10N2O.C6H7BrN2O/c1-5-3-8-7(6(2)10)9-4-5;1-4(10)6-8-2-5(7)3-9-6/h3-4,6,10H,1-2H3;2-4,10H,1H3/t6-;4-/m01/s1. The molecule has 0 amide bonds. The second kappa shape index (κ2) is 7.98. The van der Waals surface area contributed by atoms with Gasteiger partial charge >= 0.3 is 0 Å². The quantitative estimate of drug-likeness (QED) is 0.869. The lowest BCUT2D eigenvalue weighted by Gasteiger charge is -2.00. The summed E-state index contributed by atoms with van der Waals surface area (Å²) in [6.07, 6.45) is 5.43. The molecule has 0 aliphatic carbocycles. The number of nitrogens with zero attached hydrogens (tertiary/aromatic N) is 4. The van der Waals surface area contributed by atoms with Crippen LogP contribution >= 0.6 is 15.9 Å². The Morgan fingerprint density at radius 1 is 0.850 bits per heavy atom. The van der Waals surface area contributed by atoms with Gasteiger partial charge < -0.3 is 10.2 Å². The molecule has 0 saturated carbocycles. The summed E-state index contributed by atoms with van der Waals surface area (Å²) in [4.78, 5) is 15.6. The molecule has 0 unspecified atom stereocenters. The summed E-state index contributed by atoms with van der Waals surface area (Å²) in [7, 11) is 0. The zero-order chi connectivity index (χ0) is 15.1. The topological polar surface area (TPSA) is 92.0 Å². The molecule has 0 spiro atoms. The Kier molecular flexibility index (Phi) is 6.63. The second-order valence-electron chi connectivity index (χ2n) is 4.23. The number of hydrogen-bond donors (Lipinski definition) is 2. The average Bonchev–Trinajstić information content (AvgIpc) is 2.40. The molecule has 0 aliphatic rings. The fourth-order valence-electron chi connectivity index (χ4n) is 1.16. The average molecular weight is 341 g/mol. The van der Waals surface area contributed by atoms with Crippen molar-refractivity contribution >= 4 is 15.9 Å². The van der Waals surface area contributed by atoms with Crippen molar-refractivity contribution in [3.05, 3.63) is 46.5 Å². The molecule has 2 N–H and O–H groups in total. The van der Waals surface area contributed by atoms with Gasteiger partial charge in [0.2, 0.25) is 0 Å². The van der Waals surface area contributed by atoms with Crippen molar-refractivity contribution in [3.8, 4) is 0 Å². The van der Waals surface area contributed by atoms with E-state index in [0.717, 1.165) is 10.0 Å². The van der Waals surface area contributed by atoms with Crippen molar-refractivity contribution in [2.75, 3.05) is 0 Å². The highest BCUT2D eigenvalue weighted by atomic mass is 79.9. The van der Waals surface area contributed by atoms with Gasteiger partial charge in [-0.1, -0.05) is 0 Å². The van der Waals surface area contributed by atoms with Crippen LogP contribution in [0.2, 0.25) is 0 Å². The molecule has 6 nitrogen and oxygen atoms in total. The largest absolute Gasteiger partial charge is 0.385 e. The number of aryl methyl sites for hydroxylation is 1. The Morgan fingerprint density at radius 3 is 1.55 bits per heavy atom. The molecule has 0 saturated heterocycles. The molecule has 0 fully saturated rings. The maximum absolute atomic E-state index is 8.99. The normalized spacial score (nSPS) is 13.1. The van der Waals surface area contributed by atoms with Crippen LogP contribution in [0, 0.1) is 6.92 Å².